The van der Waals surface area contributed by atoms with Crippen LogP contribution in [0.2, 0.25) is 0 Å². The molecule has 112 valence electrons. The Balaban J connectivity index is 6.90. The van der Waals surface area contributed by atoms with Gasteiger partial charge < -0.3 is 0 Å². The zero-order valence-corrected chi connectivity index (χ0v) is 9.01. The SMILES string of the molecule is FC(F)(F)P(Cl)(C(F)(F)F)(C(F)(F)F)C(F)(F)F. The van der Waals surface area contributed by atoms with Gasteiger partial charge in [0.15, 0.2) is 0 Å². The molecule has 0 amide bonds. The predicted octanol–water partition coefficient (Wildman–Crippen LogP) is 5.77. The number of halogens is 13. The monoisotopic (exact) mass is 342 g/mol. The molecular formula is C4ClF12P. The van der Waals surface area contributed by atoms with Crippen LogP contribution in [-0.2, 0) is 0 Å². The minimum atomic E-state index is -10.6. The Bertz CT molecular complexity index is 260. The maximum absolute atomic E-state index is 12.0. The van der Waals surface area contributed by atoms with Gasteiger partial charge in [-0.3, -0.25) is 0 Å². The standard InChI is InChI=1S/C4ClF12P/c5-18(1(6,7)8,2(9,10)11,3(12,13)14)4(15,16)17. The fourth-order valence-electron chi connectivity index (χ4n) is 0.862. The topological polar surface area (TPSA) is 0 Å². The molecule has 0 N–H and O–H groups in total. The van der Waals surface area contributed by atoms with Crippen molar-refractivity contribution in [2.45, 2.75) is 23.7 Å². The van der Waals surface area contributed by atoms with Crippen LogP contribution < -0.4 is 0 Å². The first-order valence-corrected chi connectivity index (χ1v) is 6.47. The molecule has 0 radical (unpaired) electrons. The van der Waals surface area contributed by atoms with Gasteiger partial charge in [0, 0.05) is 0 Å². The van der Waals surface area contributed by atoms with Gasteiger partial charge in [-0.15, -0.1) is 0 Å². The van der Waals surface area contributed by atoms with E-state index in [0.29, 0.717) is 0 Å². The normalized spacial score (nSPS) is 18.4. The number of hydrogen-bond donors (Lipinski definition) is 0. The first-order chi connectivity index (χ1) is 7.34. The van der Waals surface area contributed by atoms with E-state index in [-0.39, 0.29) is 0 Å². The summed E-state index contributed by atoms with van der Waals surface area (Å²) in [5.74, 6) is -41.7. The van der Waals surface area contributed by atoms with Crippen LogP contribution in [0.15, 0.2) is 0 Å². The molecule has 0 bridgehead atoms. The minimum absolute atomic E-state index is 3.33. The summed E-state index contributed by atoms with van der Waals surface area (Å²) in [6.45, 7) is 0. The molecule has 0 aromatic carbocycles. The second-order valence-electron chi connectivity index (χ2n) is 2.88. The zero-order chi connectivity index (χ0) is 15.4. The van der Waals surface area contributed by atoms with Crippen LogP contribution in [-0.4, -0.2) is 23.7 Å². The molecule has 14 heteroatoms. The maximum atomic E-state index is 12.0. The van der Waals surface area contributed by atoms with Crippen molar-refractivity contribution < 1.29 is 52.7 Å². The third-order valence-corrected chi connectivity index (χ3v) is 8.01. The number of alkyl halides is 12. The molecule has 0 aliphatic heterocycles. The second-order valence-corrected chi connectivity index (χ2v) is 8.95. The molecule has 18 heavy (non-hydrogen) atoms. The molecule has 0 aliphatic rings. The van der Waals surface area contributed by atoms with Crippen molar-refractivity contribution in [1.29, 1.82) is 0 Å². The molecule has 0 rings (SSSR count). The van der Waals surface area contributed by atoms with Gasteiger partial charge >= 0.3 is 93.6 Å². The van der Waals surface area contributed by atoms with Gasteiger partial charge in [0.25, 0.3) is 0 Å². The van der Waals surface area contributed by atoms with E-state index >= 15 is 0 Å². The Kier molecular flexibility index (Phi) is 3.68. The predicted molar refractivity (Wildman–Crippen MR) is 37.0 cm³/mol. The van der Waals surface area contributed by atoms with Crippen LogP contribution in [0.1, 0.15) is 0 Å². The van der Waals surface area contributed by atoms with Crippen LogP contribution in [0.5, 0.6) is 0 Å². The Morgan fingerprint density at radius 3 is 0.556 bits per heavy atom. The molecular weight excluding hydrogens is 342 g/mol. The molecule has 0 aromatic rings. The Hall–Kier alpha value is -0.120. The first-order valence-electron chi connectivity index (χ1n) is 3.33. The second kappa shape index (κ2) is 3.71. The first kappa shape index (κ1) is 17.9. The van der Waals surface area contributed by atoms with Crippen LogP contribution >= 0.6 is 17.2 Å². The van der Waals surface area contributed by atoms with Crippen molar-refractivity contribution >= 4 is 17.2 Å². The molecule has 0 fully saturated rings. The average Bonchev–Trinajstić information content (AvgIpc) is 1.92. The number of hydrogen-bond acceptors (Lipinski definition) is 0. The summed E-state index contributed by atoms with van der Waals surface area (Å²) in [5, 5.41) is 0. The quantitative estimate of drug-likeness (QED) is 0.387. The summed E-state index contributed by atoms with van der Waals surface area (Å²) in [5.41, 5.74) is 0. The van der Waals surface area contributed by atoms with E-state index in [2.05, 4.69) is 11.2 Å². The molecule has 0 unspecified atom stereocenters. The zero-order valence-electron chi connectivity index (χ0n) is 7.36. The molecule has 0 heterocycles. The van der Waals surface area contributed by atoms with Gasteiger partial charge in [-0.1, -0.05) is 0 Å². The third-order valence-electron chi connectivity index (χ3n) is 1.90. The fraction of sp³-hybridized carbons (Fsp3) is 1.00. The van der Waals surface area contributed by atoms with Gasteiger partial charge in [0.2, 0.25) is 0 Å². The molecule has 0 spiro atoms. The number of rotatable bonds is 0. The van der Waals surface area contributed by atoms with Crippen LogP contribution in [0.3, 0.4) is 0 Å². The van der Waals surface area contributed by atoms with Crippen LogP contribution in [0.4, 0.5) is 52.7 Å². The van der Waals surface area contributed by atoms with Crippen molar-refractivity contribution in [3.63, 3.8) is 0 Å². The summed E-state index contributed by atoms with van der Waals surface area (Å²) in [4.78, 5) is 0. The van der Waals surface area contributed by atoms with Crippen molar-refractivity contribution in [3.8, 4) is 0 Å². The third kappa shape index (κ3) is 1.53. The summed E-state index contributed by atoms with van der Waals surface area (Å²) in [7, 11) is 0. The van der Waals surface area contributed by atoms with E-state index in [9.17, 15) is 52.7 Å². The molecule has 0 saturated heterocycles. The van der Waals surface area contributed by atoms with Crippen molar-refractivity contribution in [2.75, 3.05) is 0 Å². The summed E-state index contributed by atoms with van der Waals surface area (Å²) < 4.78 is 144. The Labute approximate surface area is 94.6 Å². The summed E-state index contributed by atoms with van der Waals surface area (Å²) in [6, 6.07) is 0. The summed E-state index contributed by atoms with van der Waals surface area (Å²) in [6.07, 6.45) is 0. The Morgan fingerprint density at radius 1 is 0.444 bits per heavy atom. The van der Waals surface area contributed by atoms with Gasteiger partial charge in [-0.25, -0.2) is 0 Å². The average molecular weight is 342 g/mol. The van der Waals surface area contributed by atoms with E-state index in [1.807, 2.05) is 0 Å². The van der Waals surface area contributed by atoms with Crippen LogP contribution in [0.25, 0.3) is 0 Å². The van der Waals surface area contributed by atoms with E-state index in [1.54, 1.807) is 0 Å². The van der Waals surface area contributed by atoms with Gasteiger partial charge in [-0.05, 0) is 0 Å². The van der Waals surface area contributed by atoms with E-state index in [0.717, 1.165) is 0 Å². The van der Waals surface area contributed by atoms with Crippen molar-refractivity contribution in [3.05, 3.63) is 0 Å². The van der Waals surface area contributed by atoms with Crippen molar-refractivity contribution in [2.24, 2.45) is 0 Å². The molecule has 0 saturated carbocycles. The van der Waals surface area contributed by atoms with E-state index in [1.165, 1.54) is 0 Å². The van der Waals surface area contributed by atoms with Crippen molar-refractivity contribution in [1.82, 2.24) is 0 Å². The van der Waals surface area contributed by atoms with Gasteiger partial charge in [0.1, 0.15) is 0 Å². The van der Waals surface area contributed by atoms with Gasteiger partial charge in [0.05, 0.1) is 0 Å². The van der Waals surface area contributed by atoms with E-state index < -0.39 is 29.6 Å². The van der Waals surface area contributed by atoms with Crippen LogP contribution in [0, 0.1) is 0 Å². The Morgan fingerprint density at radius 2 is 0.556 bits per heavy atom. The molecule has 0 atom stereocenters. The van der Waals surface area contributed by atoms with E-state index in [4.69, 9.17) is 0 Å². The molecule has 0 aliphatic carbocycles. The molecule has 0 nitrogen and oxygen atoms in total. The fourth-order valence-corrected chi connectivity index (χ4v) is 2.59. The molecule has 0 aromatic heterocycles. The summed E-state index contributed by atoms with van der Waals surface area (Å²) >= 11 is 3.33. The van der Waals surface area contributed by atoms with Gasteiger partial charge in [-0.2, -0.15) is 0 Å².